The Balaban J connectivity index is 0.000000661. The van der Waals surface area contributed by atoms with E-state index in [0.717, 1.165) is 35.3 Å². The molecule has 13 nitrogen and oxygen atoms in total. The fourth-order valence-electron chi connectivity index (χ4n) is 4.92. The number of halogens is 2. The molecule has 284 valence electrons. The van der Waals surface area contributed by atoms with Crippen LogP contribution in [-0.2, 0) is 33.2 Å². The lowest BCUT2D eigenvalue weighted by Crippen LogP contribution is -2.40. The maximum Gasteiger partial charge on any atom is 0.335 e. The standard InChI is InChI=1S/C33H36ClFN4O3S.C4H6O6/c1-4-37(5-2)18-19-38(20-24-6-10-26(11-7-24)27-12-14-28(34)15-13-27)30(40)21-39-23(3)31(41)32(42)36-33(39)43-22-25-8-16-29(35)17-9-25;5-1(3(7)8)2(6)4(9)10/h6-17,41H,4-5,18-22H2,1-3H3;1-2,5-6H,(H,7,8)(H,9,10). The number of likely N-dealkylation sites (N-methyl/N-ethyl adjacent to an activating group) is 1. The topological polar surface area (TPSA) is 194 Å². The van der Waals surface area contributed by atoms with E-state index in [-0.39, 0.29) is 24.0 Å². The third-order valence-corrected chi connectivity index (χ3v) is 9.50. The number of carbonyl (C=O) groups excluding carboxylic acids is 1. The molecule has 3 aromatic carbocycles. The first-order valence-corrected chi connectivity index (χ1v) is 17.9. The van der Waals surface area contributed by atoms with Crippen molar-refractivity contribution in [3.05, 3.63) is 111 Å². The number of hydrogen-bond donors (Lipinski definition) is 5. The largest absolute Gasteiger partial charge is 0.502 e. The predicted molar refractivity (Wildman–Crippen MR) is 198 cm³/mol. The van der Waals surface area contributed by atoms with Crippen molar-refractivity contribution < 1.29 is 44.3 Å². The number of carbonyl (C=O) groups is 3. The van der Waals surface area contributed by atoms with Crippen LogP contribution in [0.4, 0.5) is 4.39 Å². The molecule has 0 fully saturated rings. The minimum Gasteiger partial charge on any atom is -0.502 e. The first kappa shape index (κ1) is 42.6. The number of nitrogens with zero attached hydrogens (tertiary/aromatic N) is 4. The summed E-state index contributed by atoms with van der Waals surface area (Å²) in [5.74, 6) is -4.10. The van der Waals surface area contributed by atoms with Crippen molar-refractivity contribution in [1.29, 1.82) is 0 Å². The lowest BCUT2D eigenvalue weighted by atomic mass is 10.0. The van der Waals surface area contributed by atoms with Crippen LogP contribution in [0.25, 0.3) is 11.1 Å². The van der Waals surface area contributed by atoms with Gasteiger partial charge in [0.05, 0.1) is 5.69 Å². The van der Waals surface area contributed by atoms with Gasteiger partial charge in [0.25, 0.3) is 0 Å². The van der Waals surface area contributed by atoms with Crippen molar-refractivity contribution in [1.82, 2.24) is 19.4 Å². The van der Waals surface area contributed by atoms with Gasteiger partial charge in [0.2, 0.25) is 11.7 Å². The Bertz CT molecular complexity index is 1870. The summed E-state index contributed by atoms with van der Waals surface area (Å²) in [7, 11) is 0. The van der Waals surface area contributed by atoms with E-state index in [1.165, 1.54) is 23.9 Å². The molecule has 1 heterocycles. The second-order valence-corrected chi connectivity index (χ2v) is 13.1. The van der Waals surface area contributed by atoms with Crippen LogP contribution in [0.15, 0.2) is 82.7 Å². The van der Waals surface area contributed by atoms with Gasteiger partial charge in [-0.3, -0.25) is 9.59 Å². The molecule has 1 aromatic heterocycles. The number of thioether (sulfide) groups is 1. The molecule has 0 aliphatic carbocycles. The third kappa shape index (κ3) is 12.7. The summed E-state index contributed by atoms with van der Waals surface area (Å²) in [5.41, 5.74) is 3.45. The highest BCUT2D eigenvalue weighted by molar-refractivity contribution is 7.98. The zero-order chi connectivity index (χ0) is 39.2. The molecule has 4 rings (SSSR count). The van der Waals surface area contributed by atoms with Crippen LogP contribution >= 0.6 is 23.4 Å². The second-order valence-electron chi connectivity index (χ2n) is 11.7. The maximum atomic E-state index is 13.9. The fourth-order valence-corrected chi connectivity index (χ4v) is 6.03. The Morgan fingerprint density at radius 2 is 1.36 bits per heavy atom. The van der Waals surface area contributed by atoms with Gasteiger partial charge in [-0.2, -0.15) is 4.98 Å². The zero-order valence-corrected chi connectivity index (χ0v) is 30.9. The second kappa shape index (κ2) is 20.4. The molecule has 0 spiro atoms. The van der Waals surface area contributed by atoms with Gasteiger partial charge in [0.1, 0.15) is 12.4 Å². The van der Waals surface area contributed by atoms with Gasteiger partial charge in [0, 0.05) is 30.4 Å². The minimum atomic E-state index is -2.27. The Kier molecular flexibility index (Phi) is 16.4. The molecule has 0 saturated carbocycles. The fraction of sp³-hybridized carbons (Fsp3) is 0.324. The van der Waals surface area contributed by atoms with Crippen molar-refractivity contribution in [3.63, 3.8) is 0 Å². The summed E-state index contributed by atoms with van der Waals surface area (Å²) in [5, 5.41) is 43.9. The summed E-state index contributed by atoms with van der Waals surface area (Å²) in [6.07, 6.45) is -4.53. The highest BCUT2D eigenvalue weighted by atomic mass is 35.5. The molecule has 2 atom stereocenters. The van der Waals surface area contributed by atoms with Gasteiger partial charge >= 0.3 is 17.5 Å². The number of aromatic hydroxyl groups is 1. The van der Waals surface area contributed by atoms with Crippen molar-refractivity contribution in [2.45, 2.75) is 57.0 Å². The zero-order valence-electron chi connectivity index (χ0n) is 29.4. The summed E-state index contributed by atoms with van der Waals surface area (Å²) in [4.78, 5) is 53.9. The third-order valence-electron chi connectivity index (χ3n) is 8.20. The van der Waals surface area contributed by atoms with Crippen LogP contribution < -0.4 is 5.56 Å². The SMILES string of the molecule is CCN(CC)CCN(Cc1ccc(-c2ccc(Cl)cc2)cc1)C(=O)Cn1c(SCc2ccc(F)cc2)nc(=O)c(O)c1C.O=C(O)C(O)C(O)C(=O)O. The molecule has 1 amide bonds. The van der Waals surface area contributed by atoms with Crippen molar-refractivity contribution >= 4 is 41.2 Å². The van der Waals surface area contributed by atoms with E-state index in [4.69, 9.17) is 32.0 Å². The molecular weight excluding hydrogens is 731 g/mol. The molecule has 4 aromatic rings. The molecule has 0 saturated heterocycles. The molecule has 16 heteroatoms. The van der Waals surface area contributed by atoms with Crippen LogP contribution in [0.3, 0.4) is 0 Å². The number of amides is 1. The number of aliphatic carboxylic acids is 2. The van der Waals surface area contributed by atoms with Gasteiger partial charge in [0.15, 0.2) is 17.4 Å². The van der Waals surface area contributed by atoms with Crippen LogP contribution in [0, 0.1) is 12.7 Å². The number of aromatic nitrogens is 2. The Morgan fingerprint density at radius 1 is 0.849 bits per heavy atom. The van der Waals surface area contributed by atoms with Crippen molar-refractivity contribution in [2.24, 2.45) is 0 Å². The minimum absolute atomic E-state index is 0.0977. The van der Waals surface area contributed by atoms with Gasteiger partial charge in [-0.05, 0) is 66.5 Å². The van der Waals surface area contributed by atoms with Crippen molar-refractivity contribution in [2.75, 3.05) is 26.2 Å². The van der Waals surface area contributed by atoms with Gasteiger partial charge in [-0.1, -0.05) is 85.7 Å². The van der Waals surface area contributed by atoms with E-state index in [0.29, 0.717) is 35.6 Å². The first-order chi connectivity index (χ1) is 25.1. The van der Waals surface area contributed by atoms with E-state index in [2.05, 4.69) is 23.7 Å². The van der Waals surface area contributed by atoms with Crippen LogP contribution in [-0.4, -0.2) is 101 Å². The highest BCUT2D eigenvalue weighted by Gasteiger charge is 2.29. The van der Waals surface area contributed by atoms with E-state index in [1.807, 2.05) is 48.5 Å². The number of rotatable bonds is 16. The van der Waals surface area contributed by atoms with Crippen LogP contribution in [0.1, 0.15) is 30.7 Å². The van der Waals surface area contributed by atoms with E-state index in [9.17, 15) is 28.7 Å². The van der Waals surface area contributed by atoms with Gasteiger partial charge in [-0.25, -0.2) is 14.0 Å². The molecule has 0 aliphatic rings. The van der Waals surface area contributed by atoms with E-state index < -0.39 is 35.5 Å². The summed E-state index contributed by atoms with van der Waals surface area (Å²) in [6, 6.07) is 21.8. The van der Waals surface area contributed by atoms with E-state index in [1.54, 1.807) is 28.5 Å². The monoisotopic (exact) mass is 772 g/mol. The number of aliphatic hydroxyl groups excluding tert-OH is 2. The lowest BCUT2D eigenvalue weighted by molar-refractivity contribution is -0.165. The molecule has 0 bridgehead atoms. The van der Waals surface area contributed by atoms with Gasteiger partial charge < -0.3 is 39.9 Å². The number of benzene rings is 3. The average Bonchev–Trinajstić information content (AvgIpc) is 3.15. The Morgan fingerprint density at radius 3 is 1.87 bits per heavy atom. The number of carboxylic acids is 2. The number of hydrogen-bond acceptors (Lipinski definition) is 10. The number of carboxylic acid groups (broad SMARTS) is 2. The molecule has 5 N–H and O–H groups in total. The predicted octanol–water partition coefficient (Wildman–Crippen LogP) is 4.26. The summed E-state index contributed by atoms with van der Waals surface area (Å²) >= 11 is 7.30. The van der Waals surface area contributed by atoms with Crippen LogP contribution in [0.5, 0.6) is 5.75 Å². The average molecular weight is 773 g/mol. The summed E-state index contributed by atoms with van der Waals surface area (Å²) < 4.78 is 15.0. The smallest absolute Gasteiger partial charge is 0.335 e. The van der Waals surface area contributed by atoms with Crippen molar-refractivity contribution in [3.8, 4) is 16.9 Å². The molecule has 0 aliphatic heterocycles. The lowest BCUT2D eigenvalue weighted by Gasteiger charge is -2.28. The van der Waals surface area contributed by atoms with Gasteiger partial charge in [-0.15, -0.1) is 0 Å². The Labute approximate surface area is 314 Å². The summed E-state index contributed by atoms with van der Waals surface area (Å²) in [6.45, 7) is 9.04. The first-order valence-electron chi connectivity index (χ1n) is 16.5. The molecular formula is C37H42ClFN4O9S. The Hall–Kier alpha value is -4.80. The normalized spacial score (nSPS) is 12.1. The van der Waals surface area contributed by atoms with Crippen LogP contribution in [0.2, 0.25) is 5.02 Å². The maximum absolute atomic E-state index is 13.9. The van der Waals surface area contributed by atoms with E-state index >= 15 is 0 Å². The highest BCUT2D eigenvalue weighted by Crippen LogP contribution is 2.25. The molecule has 0 radical (unpaired) electrons. The molecule has 2 unspecified atom stereocenters. The number of aliphatic hydroxyl groups is 2. The quantitative estimate of drug-likeness (QED) is 0.0804. The molecule has 53 heavy (non-hydrogen) atoms.